The van der Waals surface area contributed by atoms with Crippen LogP contribution in [0.1, 0.15) is 0 Å². The molecule has 3 aromatic heterocycles. The summed E-state index contributed by atoms with van der Waals surface area (Å²) in [5, 5.41) is 1.47. The molecule has 0 N–H and O–H groups in total. The van der Waals surface area contributed by atoms with Crippen LogP contribution in [0, 0.1) is 5.82 Å². The fraction of sp³-hybridized carbons (Fsp3) is 0.0526. The molecule has 0 amide bonds. The van der Waals surface area contributed by atoms with E-state index in [1.54, 1.807) is 24.5 Å². The molecule has 0 aliphatic rings. The van der Waals surface area contributed by atoms with Crippen LogP contribution in [-0.4, -0.2) is 35.5 Å². The van der Waals surface area contributed by atoms with Gasteiger partial charge in [-0.3, -0.25) is 4.98 Å². The molecular weight excluding hydrogens is 397 g/mol. The first kappa shape index (κ1) is 18.7. The number of hydrogen-bond acceptors (Lipinski definition) is 7. The number of hydrogen-bond donors (Lipinski definition) is 0. The molecule has 0 aliphatic heterocycles. The Hall–Kier alpha value is -3.66. The second kappa shape index (κ2) is 7.40. The van der Waals surface area contributed by atoms with Crippen LogP contribution in [0.3, 0.4) is 0 Å². The highest BCUT2D eigenvalue weighted by atomic mass is 32.2. The van der Waals surface area contributed by atoms with Crippen molar-refractivity contribution in [1.82, 2.24) is 19.9 Å². The van der Waals surface area contributed by atoms with Crippen molar-refractivity contribution in [3.8, 4) is 5.88 Å². The van der Waals surface area contributed by atoms with Gasteiger partial charge in [-0.1, -0.05) is 6.07 Å². The topological polar surface area (TPSA) is 98.2 Å². The van der Waals surface area contributed by atoms with Crippen LogP contribution in [0.25, 0.3) is 10.8 Å². The molecular formula is C19H14FN5O3S. The number of fused-ring (bicyclic) bond motifs is 1. The van der Waals surface area contributed by atoms with E-state index in [4.69, 9.17) is 4.74 Å². The van der Waals surface area contributed by atoms with Gasteiger partial charge in [0.2, 0.25) is 5.88 Å². The molecule has 0 atom stereocenters. The minimum absolute atomic E-state index is 0.0128. The van der Waals surface area contributed by atoms with Gasteiger partial charge in [0.25, 0.3) is 10.0 Å². The minimum Gasteiger partial charge on any atom is -0.479 e. The molecule has 0 fully saturated rings. The van der Waals surface area contributed by atoms with Crippen LogP contribution in [0.4, 0.5) is 15.9 Å². The zero-order valence-corrected chi connectivity index (χ0v) is 15.9. The summed E-state index contributed by atoms with van der Waals surface area (Å²) in [5.74, 6) is -0.779. The molecule has 0 aliphatic carbocycles. The van der Waals surface area contributed by atoms with Gasteiger partial charge in [-0.05, 0) is 23.6 Å². The maximum absolute atomic E-state index is 14.0. The molecule has 3 heterocycles. The van der Waals surface area contributed by atoms with Crippen molar-refractivity contribution in [1.29, 1.82) is 0 Å². The number of anilines is 2. The summed E-state index contributed by atoms with van der Waals surface area (Å²) in [6.07, 6.45) is 6.73. The van der Waals surface area contributed by atoms with E-state index in [1.165, 1.54) is 37.8 Å². The highest BCUT2D eigenvalue weighted by Gasteiger charge is 2.31. The Morgan fingerprint density at radius 2 is 1.79 bits per heavy atom. The van der Waals surface area contributed by atoms with Crippen molar-refractivity contribution in [2.45, 2.75) is 4.90 Å². The van der Waals surface area contributed by atoms with Crippen LogP contribution >= 0.6 is 0 Å². The Kier molecular flexibility index (Phi) is 4.77. The molecule has 0 bridgehead atoms. The van der Waals surface area contributed by atoms with Gasteiger partial charge in [0, 0.05) is 36.1 Å². The van der Waals surface area contributed by atoms with Crippen molar-refractivity contribution < 1.29 is 17.5 Å². The van der Waals surface area contributed by atoms with Crippen molar-refractivity contribution in [3.63, 3.8) is 0 Å². The zero-order valence-electron chi connectivity index (χ0n) is 15.1. The molecule has 4 aromatic rings. The first-order valence-electron chi connectivity index (χ1n) is 8.35. The van der Waals surface area contributed by atoms with E-state index in [9.17, 15) is 12.8 Å². The summed E-state index contributed by atoms with van der Waals surface area (Å²) in [4.78, 5) is 15.7. The van der Waals surface area contributed by atoms with E-state index < -0.39 is 15.8 Å². The van der Waals surface area contributed by atoms with E-state index in [0.29, 0.717) is 5.39 Å². The van der Waals surface area contributed by atoms with Gasteiger partial charge in [0.1, 0.15) is 17.8 Å². The lowest BCUT2D eigenvalue weighted by Crippen LogP contribution is -2.28. The number of methoxy groups -OCH3 is 1. The Balaban J connectivity index is 1.96. The van der Waals surface area contributed by atoms with Crippen molar-refractivity contribution >= 4 is 32.3 Å². The third kappa shape index (κ3) is 3.45. The summed E-state index contributed by atoms with van der Waals surface area (Å²) in [5.41, 5.74) is -0.110. The number of rotatable bonds is 5. The second-order valence-corrected chi connectivity index (χ2v) is 7.69. The summed E-state index contributed by atoms with van der Waals surface area (Å²) >= 11 is 0. The molecule has 10 heteroatoms. The number of ether oxygens (including phenoxy) is 1. The summed E-state index contributed by atoms with van der Waals surface area (Å²) < 4.78 is 47.2. The van der Waals surface area contributed by atoms with Crippen LogP contribution in [0.5, 0.6) is 5.88 Å². The Bertz CT molecular complexity index is 1290. The predicted molar refractivity (Wildman–Crippen MR) is 104 cm³/mol. The highest BCUT2D eigenvalue weighted by molar-refractivity contribution is 7.93. The van der Waals surface area contributed by atoms with Gasteiger partial charge in [-0.15, -0.1) is 0 Å². The number of benzene rings is 1. The van der Waals surface area contributed by atoms with Crippen LogP contribution < -0.4 is 9.04 Å². The highest BCUT2D eigenvalue weighted by Crippen LogP contribution is 2.37. The average molecular weight is 411 g/mol. The second-order valence-electron chi connectivity index (χ2n) is 5.90. The maximum atomic E-state index is 14.0. The number of aromatic nitrogens is 4. The minimum atomic E-state index is -4.21. The van der Waals surface area contributed by atoms with Crippen molar-refractivity contribution in [2.24, 2.45) is 0 Å². The summed E-state index contributed by atoms with van der Waals surface area (Å²) in [6.45, 7) is 0. The van der Waals surface area contributed by atoms with E-state index in [1.807, 2.05) is 0 Å². The lowest BCUT2D eigenvalue weighted by atomic mass is 10.2. The summed E-state index contributed by atoms with van der Waals surface area (Å²) in [6, 6.07) is 8.73. The normalized spacial score (nSPS) is 11.4. The molecule has 0 saturated heterocycles. The molecule has 146 valence electrons. The monoisotopic (exact) mass is 411 g/mol. The lowest BCUT2D eigenvalue weighted by Gasteiger charge is -2.24. The molecule has 0 saturated carbocycles. The Morgan fingerprint density at radius 1 is 0.966 bits per heavy atom. The van der Waals surface area contributed by atoms with Crippen molar-refractivity contribution in [2.75, 3.05) is 11.4 Å². The molecule has 0 spiro atoms. The number of sulfonamides is 1. The van der Waals surface area contributed by atoms with Crippen LogP contribution in [0.2, 0.25) is 0 Å². The number of halogens is 1. The Morgan fingerprint density at radius 3 is 2.55 bits per heavy atom. The standard InChI is InChI=1S/C19H14FN5O3S/c1-28-19-17(9-15(20)11-23-19)25(18-5-7-22-12-24-18)29(26,27)16-3-2-14-10-21-6-4-13(14)8-16/h2-12H,1H3. The fourth-order valence-corrected chi connectivity index (χ4v) is 4.30. The van der Waals surface area contributed by atoms with E-state index in [0.717, 1.165) is 22.0 Å². The number of nitrogens with zero attached hydrogens (tertiary/aromatic N) is 5. The van der Waals surface area contributed by atoms with Gasteiger partial charge in [-0.2, -0.15) is 0 Å². The predicted octanol–water partition coefficient (Wildman–Crippen LogP) is 3.09. The van der Waals surface area contributed by atoms with E-state index in [-0.39, 0.29) is 22.3 Å². The van der Waals surface area contributed by atoms with E-state index >= 15 is 0 Å². The van der Waals surface area contributed by atoms with Crippen LogP contribution in [-0.2, 0) is 10.0 Å². The molecule has 0 unspecified atom stereocenters. The first-order chi connectivity index (χ1) is 14.0. The largest absolute Gasteiger partial charge is 0.479 e. The molecule has 4 rings (SSSR count). The molecule has 1 aromatic carbocycles. The maximum Gasteiger partial charge on any atom is 0.270 e. The van der Waals surface area contributed by atoms with Gasteiger partial charge in [0.15, 0.2) is 5.82 Å². The smallest absolute Gasteiger partial charge is 0.270 e. The lowest BCUT2D eigenvalue weighted by molar-refractivity contribution is 0.397. The van der Waals surface area contributed by atoms with Gasteiger partial charge in [0.05, 0.1) is 18.2 Å². The summed E-state index contributed by atoms with van der Waals surface area (Å²) in [7, 11) is -2.90. The van der Waals surface area contributed by atoms with Gasteiger partial charge in [-0.25, -0.2) is 32.1 Å². The van der Waals surface area contributed by atoms with E-state index in [2.05, 4.69) is 19.9 Å². The Labute approximate surface area is 165 Å². The van der Waals surface area contributed by atoms with Gasteiger partial charge >= 0.3 is 0 Å². The average Bonchev–Trinajstić information content (AvgIpc) is 2.74. The zero-order chi connectivity index (χ0) is 20.4. The van der Waals surface area contributed by atoms with Crippen molar-refractivity contribution in [3.05, 3.63) is 73.3 Å². The number of pyridine rings is 2. The third-order valence-electron chi connectivity index (χ3n) is 4.14. The molecule has 29 heavy (non-hydrogen) atoms. The first-order valence-corrected chi connectivity index (χ1v) is 9.79. The molecule has 8 nitrogen and oxygen atoms in total. The quantitative estimate of drug-likeness (QED) is 0.498. The van der Waals surface area contributed by atoms with Gasteiger partial charge < -0.3 is 4.74 Å². The molecule has 0 radical (unpaired) electrons. The van der Waals surface area contributed by atoms with Crippen LogP contribution in [0.15, 0.2) is 72.4 Å². The fourth-order valence-electron chi connectivity index (χ4n) is 2.83. The SMILES string of the molecule is COc1ncc(F)cc1N(c1ccncn1)S(=O)(=O)c1ccc2cnccc2c1. The third-order valence-corrected chi connectivity index (χ3v) is 5.85.